The molecule has 2 heterocycles. The van der Waals surface area contributed by atoms with Gasteiger partial charge in [-0.25, -0.2) is 0 Å². The summed E-state index contributed by atoms with van der Waals surface area (Å²) in [5, 5.41) is 2.38. The predicted octanol–water partition coefficient (Wildman–Crippen LogP) is 6.29. The number of hydrogen-bond acceptors (Lipinski definition) is 3. The quantitative estimate of drug-likeness (QED) is 0.333. The van der Waals surface area contributed by atoms with Crippen LogP contribution in [0, 0.1) is 0 Å². The molecule has 1 aliphatic rings. The standard InChI is InChI=1S/C22H39BO2S/c1-7-9-11-13-15-18-17-26-20(19(18)16-14-12-10-8-2)23-24-21(3,4)22(5,6)25-23/h17H,7-16H2,1-6H3. The van der Waals surface area contributed by atoms with Crippen LogP contribution < -0.4 is 4.78 Å². The number of rotatable bonds is 11. The van der Waals surface area contributed by atoms with Crippen molar-refractivity contribution in [3.63, 3.8) is 0 Å². The van der Waals surface area contributed by atoms with Gasteiger partial charge in [0, 0.05) is 4.78 Å². The normalized spacial score (nSPS) is 18.6. The molecule has 1 aliphatic heterocycles. The SMILES string of the molecule is CCCCCCc1csc(B2OC(C)(C)C(C)(C)O2)c1CCCCCC. The van der Waals surface area contributed by atoms with Crippen LogP contribution in [0.15, 0.2) is 5.38 Å². The largest absolute Gasteiger partial charge is 0.505 e. The Labute approximate surface area is 166 Å². The third-order valence-corrected chi connectivity index (χ3v) is 7.16. The van der Waals surface area contributed by atoms with E-state index in [1.54, 1.807) is 5.56 Å². The molecule has 1 saturated heterocycles. The number of thiophene rings is 1. The van der Waals surface area contributed by atoms with Crippen molar-refractivity contribution in [2.45, 2.75) is 117 Å². The van der Waals surface area contributed by atoms with Gasteiger partial charge < -0.3 is 9.31 Å². The van der Waals surface area contributed by atoms with Crippen LogP contribution in [0.2, 0.25) is 0 Å². The first-order valence-corrected chi connectivity index (χ1v) is 11.6. The maximum atomic E-state index is 6.36. The van der Waals surface area contributed by atoms with Crippen molar-refractivity contribution in [2.24, 2.45) is 0 Å². The lowest BCUT2D eigenvalue weighted by molar-refractivity contribution is 0.00578. The summed E-state index contributed by atoms with van der Waals surface area (Å²) in [5.41, 5.74) is 2.55. The van der Waals surface area contributed by atoms with Crippen molar-refractivity contribution < 1.29 is 9.31 Å². The third-order valence-electron chi connectivity index (χ3n) is 6.06. The summed E-state index contributed by atoms with van der Waals surface area (Å²) in [6, 6.07) is 0. The lowest BCUT2D eigenvalue weighted by atomic mass is 9.81. The van der Waals surface area contributed by atoms with Gasteiger partial charge in [-0.2, -0.15) is 11.3 Å². The maximum absolute atomic E-state index is 6.36. The van der Waals surface area contributed by atoms with Crippen molar-refractivity contribution in [3.8, 4) is 0 Å². The second-order valence-electron chi connectivity index (χ2n) is 8.81. The van der Waals surface area contributed by atoms with Crippen molar-refractivity contribution in [1.82, 2.24) is 0 Å². The molecule has 0 atom stereocenters. The van der Waals surface area contributed by atoms with Gasteiger partial charge in [0.2, 0.25) is 0 Å². The minimum absolute atomic E-state index is 0.199. The molecule has 0 radical (unpaired) electrons. The first-order chi connectivity index (χ1) is 12.3. The van der Waals surface area contributed by atoms with E-state index in [9.17, 15) is 0 Å². The summed E-state index contributed by atoms with van der Waals surface area (Å²) < 4.78 is 14.1. The highest BCUT2D eigenvalue weighted by Gasteiger charge is 2.52. The van der Waals surface area contributed by atoms with Crippen LogP contribution in [-0.4, -0.2) is 18.3 Å². The average molecular weight is 378 g/mol. The Morgan fingerprint density at radius 3 is 1.88 bits per heavy atom. The van der Waals surface area contributed by atoms with Gasteiger partial charge in [0.1, 0.15) is 0 Å². The van der Waals surface area contributed by atoms with Crippen LogP contribution >= 0.6 is 11.3 Å². The molecule has 2 rings (SSSR count). The van der Waals surface area contributed by atoms with Crippen molar-refractivity contribution in [3.05, 3.63) is 16.5 Å². The topological polar surface area (TPSA) is 18.5 Å². The highest BCUT2D eigenvalue weighted by molar-refractivity contribution is 7.21. The van der Waals surface area contributed by atoms with E-state index in [1.807, 2.05) is 11.3 Å². The monoisotopic (exact) mass is 378 g/mol. The Hall–Kier alpha value is -0.315. The van der Waals surface area contributed by atoms with Gasteiger partial charge >= 0.3 is 7.12 Å². The molecule has 148 valence electrons. The zero-order valence-electron chi connectivity index (χ0n) is 18.0. The molecule has 0 aliphatic carbocycles. The summed E-state index contributed by atoms with van der Waals surface area (Å²) in [4.78, 5) is 0. The lowest BCUT2D eigenvalue weighted by Gasteiger charge is -2.32. The van der Waals surface area contributed by atoms with Crippen LogP contribution in [0.25, 0.3) is 0 Å². The van der Waals surface area contributed by atoms with Gasteiger partial charge in [-0.1, -0.05) is 52.4 Å². The lowest BCUT2D eigenvalue weighted by Crippen LogP contribution is -2.41. The van der Waals surface area contributed by atoms with Crippen LogP contribution in [-0.2, 0) is 22.2 Å². The Morgan fingerprint density at radius 2 is 1.35 bits per heavy atom. The van der Waals surface area contributed by atoms with Crippen molar-refractivity contribution in [1.29, 1.82) is 0 Å². The molecule has 1 fully saturated rings. The molecule has 0 N–H and O–H groups in total. The molecular weight excluding hydrogens is 339 g/mol. The second kappa shape index (κ2) is 9.75. The molecule has 0 aromatic carbocycles. The molecule has 26 heavy (non-hydrogen) atoms. The highest BCUT2D eigenvalue weighted by atomic mass is 32.1. The summed E-state index contributed by atoms with van der Waals surface area (Å²) in [7, 11) is -0.199. The van der Waals surface area contributed by atoms with Gasteiger partial charge in [-0.05, 0) is 69.9 Å². The van der Waals surface area contributed by atoms with Gasteiger partial charge in [-0.3, -0.25) is 0 Å². The third kappa shape index (κ3) is 5.36. The molecular formula is C22H39BO2S. The number of unbranched alkanes of at least 4 members (excludes halogenated alkanes) is 6. The zero-order valence-corrected chi connectivity index (χ0v) is 18.8. The maximum Gasteiger partial charge on any atom is 0.505 e. The Bertz CT molecular complexity index is 534. The molecule has 0 saturated carbocycles. The van der Waals surface area contributed by atoms with Crippen LogP contribution in [0.5, 0.6) is 0 Å². The second-order valence-corrected chi connectivity index (χ2v) is 9.72. The number of hydrogen-bond donors (Lipinski definition) is 0. The predicted molar refractivity (Wildman–Crippen MR) is 116 cm³/mol. The number of aryl methyl sites for hydroxylation is 1. The Morgan fingerprint density at radius 1 is 0.808 bits per heavy atom. The fourth-order valence-electron chi connectivity index (χ4n) is 3.55. The molecule has 0 bridgehead atoms. The van der Waals surface area contributed by atoms with Gasteiger partial charge in [-0.15, -0.1) is 0 Å². The fraction of sp³-hybridized carbons (Fsp3) is 0.818. The van der Waals surface area contributed by atoms with Crippen LogP contribution in [0.3, 0.4) is 0 Å². The summed E-state index contributed by atoms with van der Waals surface area (Å²) in [6.45, 7) is 13.1. The zero-order chi connectivity index (χ0) is 19.2. The molecule has 4 heteroatoms. The summed E-state index contributed by atoms with van der Waals surface area (Å²) in [5.74, 6) is 0. The average Bonchev–Trinajstić information content (AvgIpc) is 3.06. The first kappa shape index (κ1) is 22.0. The Kier molecular flexibility index (Phi) is 8.24. The van der Waals surface area contributed by atoms with E-state index in [0.717, 1.165) is 0 Å². The Balaban J connectivity index is 2.12. The van der Waals surface area contributed by atoms with E-state index in [0.29, 0.717) is 0 Å². The molecule has 1 aromatic heterocycles. The van der Waals surface area contributed by atoms with Crippen molar-refractivity contribution >= 4 is 23.2 Å². The van der Waals surface area contributed by atoms with Crippen LogP contribution in [0.1, 0.15) is 104 Å². The van der Waals surface area contributed by atoms with E-state index in [-0.39, 0.29) is 18.3 Å². The van der Waals surface area contributed by atoms with E-state index >= 15 is 0 Å². The van der Waals surface area contributed by atoms with E-state index in [4.69, 9.17) is 9.31 Å². The van der Waals surface area contributed by atoms with E-state index in [2.05, 4.69) is 46.9 Å². The molecule has 0 spiro atoms. The van der Waals surface area contributed by atoms with Crippen molar-refractivity contribution in [2.75, 3.05) is 0 Å². The molecule has 0 amide bonds. The fourth-order valence-corrected chi connectivity index (χ4v) is 4.66. The minimum Gasteiger partial charge on any atom is -0.399 e. The van der Waals surface area contributed by atoms with E-state index < -0.39 is 0 Å². The smallest absolute Gasteiger partial charge is 0.399 e. The highest BCUT2D eigenvalue weighted by Crippen LogP contribution is 2.37. The summed E-state index contributed by atoms with van der Waals surface area (Å²) >= 11 is 1.85. The summed E-state index contributed by atoms with van der Waals surface area (Å²) in [6.07, 6.45) is 12.9. The van der Waals surface area contributed by atoms with Gasteiger partial charge in [0.25, 0.3) is 0 Å². The molecule has 1 aromatic rings. The van der Waals surface area contributed by atoms with Gasteiger partial charge in [0.05, 0.1) is 11.2 Å². The van der Waals surface area contributed by atoms with Gasteiger partial charge in [0.15, 0.2) is 0 Å². The molecule has 0 unspecified atom stereocenters. The first-order valence-electron chi connectivity index (χ1n) is 10.8. The minimum atomic E-state index is -0.261. The van der Waals surface area contributed by atoms with Crippen LogP contribution in [0.4, 0.5) is 0 Å². The van der Waals surface area contributed by atoms with E-state index in [1.165, 1.54) is 74.5 Å². The molecule has 2 nitrogen and oxygen atoms in total.